The van der Waals surface area contributed by atoms with Crippen molar-refractivity contribution >= 4 is 28.3 Å². The number of aryl methyl sites for hydroxylation is 1. The number of morpholine rings is 1. The highest BCUT2D eigenvalue weighted by atomic mass is 32.1. The number of aromatic nitrogens is 3. The Hall–Kier alpha value is -3.45. The van der Waals surface area contributed by atoms with Crippen molar-refractivity contribution < 1.29 is 27.5 Å². The van der Waals surface area contributed by atoms with E-state index in [1.165, 1.54) is 28.8 Å². The molecule has 9 nitrogen and oxygen atoms in total. The molecule has 1 aliphatic heterocycles. The first-order chi connectivity index (χ1) is 15.7. The molecule has 0 aliphatic carbocycles. The van der Waals surface area contributed by atoms with Crippen molar-refractivity contribution in [3.8, 4) is 5.69 Å². The van der Waals surface area contributed by atoms with Crippen LogP contribution in [0.15, 0.2) is 35.8 Å². The zero-order valence-corrected chi connectivity index (χ0v) is 18.2. The van der Waals surface area contributed by atoms with Gasteiger partial charge in [-0.3, -0.25) is 20.4 Å². The molecule has 174 valence electrons. The summed E-state index contributed by atoms with van der Waals surface area (Å²) in [4.78, 5) is 31.0. The van der Waals surface area contributed by atoms with Gasteiger partial charge in [-0.15, -0.1) is 11.3 Å². The second kappa shape index (κ2) is 9.19. The number of hydrogen-bond acceptors (Lipinski definition) is 7. The van der Waals surface area contributed by atoms with E-state index in [1.54, 1.807) is 19.1 Å². The van der Waals surface area contributed by atoms with E-state index in [4.69, 9.17) is 4.74 Å². The number of halogens is 3. The smallest absolute Gasteiger partial charge is 0.378 e. The first-order valence-electron chi connectivity index (χ1n) is 9.85. The largest absolute Gasteiger partial charge is 0.434 e. The molecule has 0 atom stereocenters. The van der Waals surface area contributed by atoms with Crippen LogP contribution in [0.1, 0.15) is 32.1 Å². The zero-order chi connectivity index (χ0) is 23.6. The summed E-state index contributed by atoms with van der Waals surface area (Å²) in [6.45, 7) is 4.17. The van der Waals surface area contributed by atoms with E-state index in [1.807, 2.05) is 10.3 Å². The van der Waals surface area contributed by atoms with Gasteiger partial charge in [-0.2, -0.15) is 18.3 Å². The molecule has 0 saturated carbocycles. The van der Waals surface area contributed by atoms with Crippen LogP contribution in [-0.2, 0) is 10.9 Å². The number of benzene rings is 1. The minimum atomic E-state index is -4.86. The lowest BCUT2D eigenvalue weighted by molar-refractivity contribution is -0.143. The number of alkyl halides is 3. The summed E-state index contributed by atoms with van der Waals surface area (Å²) in [5.74, 6) is -1.91. The Morgan fingerprint density at radius 2 is 1.76 bits per heavy atom. The van der Waals surface area contributed by atoms with Crippen LogP contribution < -0.4 is 15.8 Å². The number of nitrogens with one attached hydrogen (secondary N) is 2. The molecular weight excluding hydrogens is 461 g/mol. The summed E-state index contributed by atoms with van der Waals surface area (Å²) in [7, 11) is 0. The lowest BCUT2D eigenvalue weighted by atomic mass is 10.2. The van der Waals surface area contributed by atoms with Gasteiger partial charge in [0.2, 0.25) is 0 Å². The Labute approximate surface area is 190 Å². The molecule has 0 bridgehead atoms. The molecule has 2 amide bonds. The van der Waals surface area contributed by atoms with E-state index in [-0.39, 0.29) is 11.4 Å². The molecule has 0 radical (unpaired) electrons. The molecule has 0 unspecified atom stereocenters. The average Bonchev–Trinajstić information content (AvgIpc) is 3.46. The number of anilines is 1. The highest BCUT2D eigenvalue weighted by Crippen LogP contribution is 2.33. The molecule has 1 aliphatic rings. The van der Waals surface area contributed by atoms with Crippen LogP contribution in [0.3, 0.4) is 0 Å². The third-order valence-electron chi connectivity index (χ3n) is 4.86. The van der Waals surface area contributed by atoms with Gasteiger partial charge >= 0.3 is 6.18 Å². The van der Waals surface area contributed by atoms with E-state index in [9.17, 15) is 22.8 Å². The van der Waals surface area contributed by atoms with E-state index >= 15 is 0 Å². The number of ether oxygens (including phenoxy) is 1. The van der Waals surface area contributed by atoms with Crippen molar-refractivity contribution in [2.24, 2.45) is 0 Å². The van der Waals surface area contributed by atoms with E-state index in [2.05, 4.69) is 15.5 Å². The number of nitrogens with zero attached hydrogens (tertiary/aromatic N) is 4. The van der Waals surface area contributed by atoms with Crippen LogP contribution in [0.25, 0.3) is 5.69 Å². The maximum atomic E-state index is 13.8. The quantitative estimate of drug-likeness (QED) is 0.557. The van der Waals surface area contributed by atoms with E-state index in [0.29, 0.717) is 36.1 Å². The van der Waals surface area contributed by atoms with Crippen molar-refractivity contribution in [1.29, 1.82) is 0 Å². The third kappa shape index (κ3) is 4.98. The van der Waals surface area contributed by atoms with Gasteiger partial charge in [0.25, 0.3) is 11.8 Å². The van der Waals surface area contributed by atoms with Crippen LogP contribution >= 0.6 is 11.3 Å². The Morgan fingerprint density at radius 1 is 1.09 bits per heavy atom. The molecule has 2 aromatic heterocycles. The fraction of sp³-hybridized carbons (Fsp3) is 0.300. The Morgan fingerprint density at radius 3 is 2.42 bits per heavy atom. The highest BCUT2D eigenvalue weighted by molar-refractivity contribution is 7.13. The molecule has 33 heavy (non-hydrogen) atoms. The van der Waals surface area contributed by atoms with E-state index in [0.717, 1.165) is 11.8 Å². The summed E-state index contributed by atoms with van der Waals surface area (Å²) < 4.78 is 47.2. The van der Waals surface area contributed by atoms with Gasteiger partial charge < -0.3 is 9.64 Å². The number of carbonyl (C=O) groups is 2. The van der Waals surface area contributed by atoms with Gasteiger partial charge in [0.15, 0.2) is 10.8 Å². The normalized spacial score (nSPS) is 14.2. The second-order valence-electron chi connectivity index (χ2n) is 7.17. The van der Waals surface area contributed by atoms with Crippen molar-refractivity contribution in [2.45, 2.75) is 13.1 Å². The molecular formula is C20H19F3N6O3S. The van der Waals surface area contributed by atoms with Gasteiger partial charge in [-0.05, 0) is 19.1 Å². The van der Waals surface area contributed by atoms with Crippen LogP contribution in [0, 0.1) is 6.92 Å². The summed E-state index contributed by atoms with van der Waals surface area (Å²) in [5, 5.41) is 5.86. The van der Waals surface area contributed by atoms with Crippen molar-refractivity contribution in [2.75, 3.05) is 31.2 Å². The molecule has 1 aromatic carbocycles. The van der Waals surface area contributed by atoms with Gasteiger partial charge in [0, 0.05) is 18.5 Å². The topological polar surface area (TPSA) is 101 Å². The Balaban J connectivity index is 1.48. The SMILES string of the molecule is Cc1ccc(-n2ncc(C(=O)NNC(=O)c3csc(N4CCOCC4)n3)c2C(F)(F)F)cc1. The molecule has 4 rings (SSSR count). The molecule has 13 heteroatoms. The second-order valence-corrected chi connectivity index (χ2v) is 8.01. The number of thiazole rings is 1. The molecule has 0 spiro atoms. The number of hydrazine groups is 1. The zero-order valence-electron chi connectivity index (χ0n) is 17.3. The average molecular weight is 480 g/mol. The van der Waals surface area contributed by atoms with Crippen LogP contribution in [0.2, 0.25) is 0 Å². The minimum Gasteiger partial charge on any atom is -0.378 e. The Bertz CT molecular complexity index is 1150. The van der Waals surface area contributed by atoms with Gasteiger partial charge in [0.05, 0.1) is 30.7 Å². The van der Waals surface area contributed by atoms with Crippen LogP contribution in [0.5, 0.6) is 0 Å². The van der Waals surface area contributed by atoms with Gasteiger partial charge in [-0.25, -0.2) is 9.67 Å². The fourth-order valence-electron chi connectivity index (χ4n) is 3.18. The standard InChI is InChI=1S/C20H19F3N6O3S/c1-12-2-4-13(5-3-12)29-16(20(21,22)23)14(10-24-29)17(30)26-27-18(31)15-11-33-19(25-15)28-6-8-32-9-7-28/h2-5,10-11H,6-9H2,1H3,(H,26,30)(H,27,31). The summed E-state index contributed by atoms with van der Waals surface area (Å²) in [6.07, 6.45) is -4.05. The lowest BCUT2D eigenvalue weighted by Gasteiger charge is -2.25. The molecule has 3 aromatic rings. The fourth-order valence-corrected chi connectivity index (χ4v) is 4.04. The number of hydrogen-bond donors (Lipinski definition) is 2. The predicted molar refractivity (Wildman–Crippen MR) is 113 cm³/mol. The summed E-state index contributed by atoms with van der Waals surface area (Å²) in [5.41, 5.74) is 3.19. The lowest BCUT2D eigenvalue weighted by Crippen LogP contribution is -2.42. The molecule has 1 fully saturated rings. The van der Waals surface area contributed by atoms with Crippen molar-refractivity contribution in [1.82, 2.24) is 25.6 Å². The highest BCUT2D eigenvalue weighted by Gasteiger charge is 2.40. The maximum absolute atomic E-state index is 13.8. The van der Waals surface area contributed by atoms with E-state index < -0.39 is 29.2 Å². The number of amides is 2. The minimum absolute atomic E-state index is 0.0354. The number of rotatable bonds is 4. The van der Waals surface area contributed by atoms with Gasteiger partial charge in [-0.1, -0.05) is 17.7 Å². The molecule has 1 saturated heterocycles. The predicted octanol–water partition coefficient (Wildman–Crippen LogP) is 2.57. The molecule has 2 N–H and O–H groups in total. The molecule has 3 heterocycles. The third-order valence-corrected chi connectivity index (χ3v) is 5.76. The first-order valence-corrected chi connectivity index (χ1v) is 10.7. The van der Waals surface area contributed by atoms with Gasteiger partial charge in [0.1, 0.15) is 5.69 Å². The van der Waals surface area contributed by atoms with Crippen LogP contribution in [-0.4, -0.2) is 52.9 Å². The van der Waals surface area contributed by atoms with Crippen molar-refractivity contribution in [3.63, 3.8) is 0 Å². The summed E-state index contributed by atoms with van der Waals surface area (Å²) in [6, 6.07) is 6.21. The first kappa shape index (κ1) is 22.7. The van der Waals surface area contributed by atoms with Crippen LogP contribution in [0.4, 0.5) is 18.3 Å². The Kier molecular flexibility index (Phi) is 6.33. The monoisotopic (exact) mass is 480 g/mol. The maximum Gasteiger partial charge on any atom is 0.434 e. The number of carbonyl (C=O) groups excluding carboxylic acids is 2. The van der Waals surface area contributed by atoms with Crippen molar-refractivity contribution in [3.05, 3.63) is 58.4 Å². The summed E-state index contributed by atoms with van der Waals surface area (Å²) >= 11 is 1.25.